The fourth-order valence-electron chi connectivity index (χ4n) is 3.29. The van der Waals surface area contributed by atoms with Gasteiger partial charge in [0.05, 0.1) is 5.56 Å². The maximum Gasteiger partial charge on any atom is 0.416 e. The molecule has 0 spiro atoms. The molecule has 110 valence electrons. The zero-order valence-electron chi connectivity index (χ0n) is 11.7. The van der Waals surface area contributed by atoms with E-state index in [0.717, 1.165) is 37.1 Å². The van der Waals surface area contributed by atoms with Crippen molar-refractivity contribution in [2.75, 3.05) is 11.4 Å². The SMILES string of the molecule is C[C@H]1C[C@@H](CC2CC2)N(c2cccc(C(F)(F)F)c2)C1. The summed E-state index contributed by atoms with van der Waals surface area (Å²) >= 11 is 0. The van der Waals surface area contributed by atoms with Crippen LogP contribution in [0.5, 0.6) is 0 Å². The maximum absolute atomic E-state index is 12.8. The highest BCUT2D eigenvalue weighted by Crippen LogP contribution is 2.41. The molecule has 1 saturated heterocycles. The molecule has 0 bridgehead atoms. The van der Waals surface area contributed by atoms with E-state index in [0.29, 0.717) is 12.0 Å². The number of alkyl halides is 3. The first-order valence-electron chi connectivity index (χ1n) is 7.37. The predicted octanol–water partition coefficient (Wildman–Crippen LogP) is 4.72. The zero-order chi connectivity index (χ0) is 14.3. The average Bonchev–Trinajstić information content (AvgIpc) is 3.11. The molecule has 1 aliphatic carbocycles. The Morgan fingerprint density at radius 2 is 2.00 bits per heavy atom. The van der Waals surface area contributed by atoms with Crippen LogP contribution in [0.25, 0.3) is 0 Å². The molecule has 2 atom stereocenters. The summed E-state index contributed by atoms with van der Waals surface area (Å²) in [6, 6.07) is 6.21. The number of rotatable bonds is 3. The molecule has 0 unspecified atom stereocenters. The predicted molar refractivity (Wildman–Crippen MR) is 73.7 cm³/mol. The second-order valence-electron chi connectivity index (χ2n) is 6.37. The van der Waals surface area contributed by atoms with Crippen LogP contribution in [0.1, 0.15) is 38.2 Å². The number of nitrogens with zero attached hydrogens (tertiary/aromatic N) is 1. The quantitative estimate of drug-likeness (QED) is 0.775. The van der Waals surface area contributed by atoms with E-state index in [-0.39, 0.29) is 0 Å². The van der Waals surface area contributed by atoms with Crippen LogP contribution in [-0.2, 0) is 6.18 Å². The van der Waals surface area contributed by atoms with E-state index >= 15 is 0 Å². The highest BCUT2D eigenvalue weighted by atomic mass is 19.4. The van der Waals surface area contributed by atoms with E-state index in [2.05, 4.69) is 11.8 Å². The van der Waals surface area contributed by atoms with E-state index in [1.54, 1.807) is 0 Å². The van der Waals surface area contributed by atoms with Crippen LogP contribution in [0.4, 0.5) is 18.9 Å². The third-order valence-corrected chi connectivity index (χ3v) is 4.43. The zero-order valence-corrected chi connectivity index (χ0v) is 11.7. The third kappa shape index (κ3) is 2.94. The molecule has 2 fully saturated rings. The van der Waals surface area contributed by atoms with Crippen LogP contribution in [0, 0.1) is 11.8 Å². The van der Waals surface area contributed by atoms with Gasteiger partial charge in [0.25, 0.3) is 0 Å². The fourth-order valence-corrected chi connectivity index (χ4v) is 3.29. The number of hydrogen-bond acceptors (Lipinski definition) is 1. The summed E-state index contributed by atoms with van der Waals surface area (Å²) in [7, 11) is 0. The molecule has 2 aliphatic rings. The second-order valence-corrected chi connectivity index (χ2v) is 6.37. The van der Waals surface area contributed by atoms with Crippen LogP contribution in [0.2, 0.25) is 0 Å². The molecule has 0 radical (unpaired) electrons. The van der Waals surface area contributed by atoms with Gasteiger partial charge in [0.15, 0.2) is 0 Å². The topological polar surface area (TPSA) is 3.24 Å². The summed E-state index contributed by atoms with van der Waals surface area (Å²) in [6.45, 7) is 3.06. The van der Waals surface area contributed by atoms with Gasteiger partial charge in [0.2, 0.25) is 0 Å². The maximum atomic E-state index is 12.8. The summed E-state index contributed by atoms with van der Waals surface area (Å²) in [5.41, 5.74) is 0.189. The summed E-state index contributed by atoms with van der Waals surface area (Å²) in [4.78, 5) is 2.19. The Morgan fingerprint density at radius 3 is 2.65 bits per heavy atom. The Morgan fingerprint density at radius 1 is 1.25 bits per heavy atom. The molecule has 0 aromatic heterocycles. The monoisotopic (exact) mass is 283 g/mol. The van der Waals surface area contributed by atoms with Crippen molar-refractivity contribution in [1.82, 2.24) is 0 Å². The van der Waals surface area contributed by atoms with E-state index in [9.17, 15) is 13.2 Å². The molecule has 1 aliphatic heterocycles. The number of benzene rings is 1. The standard InChI is InChI=1S/C16H20F3N/c1-11-7-15(8-12-5-6-12)20(10-11)14-4-2-3-13(9-14)16(17,18)19/h2-4,9,11-12,15H,5-8,10H2,1H3/t11-,15-/m0/s1. The largest absolute Gasteiger partial charge is 0.416 e. The summed E-state index contributed by atoms with van der Waals surface area (Å²) in [6.07, 6.45) is 0.573. The van der Waals surface area contributed by atoms with Crippen molar-refractivity contribution in [3.05, 3.63) is 29.8 Å². The Balaban J connectivity index is 1.82. The van der Waals surface area contributed by atoms with E-state index in [1.165, 1.54) is 25.0 Å². The Kier molecular flexibility index (Phi) is 3.43. The van der Waals surface area contributed by atoms with Crippen molar-refractivity contribution >= 4 is 5.69 Å². The molecule has 1 heterocycles. The van der Waals surface area contributed by atoms with Gasteiger partial charge in [-0.25, -0.2) is 0 Å². The van der Waals surface area contributed by atoms with Crippen LogP contribution < -0.4 is 4.90 Å². The lowest BCUT2D eigenvalue weighted by atomic mass is 10.0. The molecule has 0 N–H and O–H groups in total. The van der Waals surface area contributed by atoms with Crippen LogP contribution in [0.3, 0.4) is 0 Å². The Bertz CT molecular complexity index is 479. The van der Waals surface area contributed by atoms with Crippen molar-refractivity contribution in [3.8, 4) is 0 Å². The second kappa shape index (κ2) is 4.97. The minimum atomic E-state index is -4.26. The first kappa shape index (κ1) is 13.8. The third-order valence-electron chi connectivity index (χ3n) is 4.43. The van der Waals surface area contributed by atoms with Crippen LogP contribution in [0.15, 0.2) is 24.3 Å². The molecule has 0 amide bonds. The highest BCUT2D eigenvalue weighted by molar-refractivity contribution is 5.51. The molecular formula is C16H20F3N. The smallest absolute Gasteiger partial charge is 0.368 e. The lowest BCUT2D eigenvalue weighted by Gasteiger charge is -2.27. The number of anilines is 1. The van der Waals surface area contributed by atoms with Gasteiger partial charge < -0.3 is 4.90 Å². The van der Waals surface area contributed by atoms with Crippen LogP contribution in [-0.4, -0.2) is 12.6 Å². The Labute approximate surface area is 117 Å². The van der Waals surface area contributed by atoms with Crippen LogP contribution >= 0.6 is 0 Å². The van der Waals surface area contributed by atoms with Gasteiger partial charge in [-0.2, -0.15) is 13.2 Å². The van der Waals surface area contributed by atoms with Crippen molar-refractivity contribution in [3.63, 3.8) is 0 Å². The summed E-state index contributed by atoms with van der Waals surface area (Å²) < 4.78 is 38.5. The Hall–Kier alpha value is -1.19. The molecule has 1 saturated carbocycles. The summed E-state index contributed by atoms with van der Waals surface area (Å²) in [5, 5.41) is 0. The molecule has 1 nitrogen and oxygen atoms in total. The van der Waals surface area contributed by atoms with Gasteiger partial charge in [-0.15, -0.1) is 0 Å². The highest BCUT2D eigenvalue weighted by Gasteiger charge is 2.36. The van der Waals surface area contributed by atoms with E-state index in [4.69, 9.17) is 0 Å². The normalized spacial score (nSPS) is 27.1. The first-order chi connectivity index (χ1) is 9.43. The van der Waals surface area contributed by atoms with Gasteiger partial charge in [0.1, 0.15) is 0 Å². The van der Waals surface area contributed by atoms with Crippen molar-refractivity contribution in [1.29, 1.82) is 0 Å². The van der Waals surface area contributed by atoms with E-state index in [1.807, 2.05) is 6.07 Å². The molecule has 3 rings (SSSR count). The van der Waals surface area contributed by atoms with Gasteiger partial charge in [-0.3, -0.25) is 0 Å². The number of halogens is 3. The molecular weight excluding hydrogens is 263 g/mol. The lowest BCUT2D eigenvalue weighted by molar-refractivity contribution is -0.137. The lowest BCUT2D eigenvalue weighted by Crippen LogP contribution is -2.30. The van der Waals surface area contributed by atoms with Gasteiger partial charge in [-0.05, 0) is 42.9 Å². The fraction of sp³-hybridized carbons (Fsp3) is 0.625. The molecule has 20 heavy (non-hydrogen) atoms. The van der Waals surface area contributed by atoms with Crippen molar-refractivity contribution in [2.45, 2.75) is 44.8 Å². The number of hydrogen-bond donors (Lipinski definition) is 0. The minimum absolute atomic E-state index is 0.418. The molecule has 1 aromatic rings. The van der Waals surface area contributed by atoms with Gasteiger partial charge in [0, 0.05) is 18.3 Å². The van der Waals surface area contributed by atoms with Gasteiger partial charge in [-0.1, -0.05) is 25.8 Å². The van der Waals surface area contributed by atoms with Crippen molar-refractivity contribution in [2.24, 2.45) is 11.8 Å². The van der Waals surface area contributed by atoms with Gasteiger partial charge >= 0.3 is 6.18 Å². The molecule has 1 aromatic carbocycles. The summed E-state index contributed by atoms with van der Waals surface area (Å²) in [5.74, 6) is 1.37. The van der Waals surface area contributed by atoms with E-state index < -0.39 is 11.7 Å². The van der Waals surface area contributed by atoms with Crippen molar-refractivity contribution < 1.29 is 13.2 Å². The molecule has 4 heteroatoms. The minimum Gasteiger partial charge on any atom is -0.368 e. The first-order valence-corrected chi connectivity index (χ1v) is 7.37. The average molecular weight is 283 g/mol.